The highest BCUT2D eigenvalue weighted by Gasteiger charge is 2.35. The van der Waals surface area contributed by atoms with Crippen molar-refractivity contribution in [1.29, 1.82) is 0 Å². The zero-order valence-corrected chi connectivity index (χ0v) is 10.2. The first-order valence-corrected chi connectivity index (χ1v) is 5.18. The summed E-state index contributed by atoms with van der Waals surface area (Å²) in [5, 5.41) is 3.26. The molecule has 0 aromatic heterocycles. The van der Waals surface area contributed by atoms with Crippen molar-refractivity contribution >= 4 is 5.97 Å². The Morgan fingerprint density at radius 3 is 2.14 bits per heavy atom. The van der Waals surface area contributed by atoms with E-state index in [9.17, 15) is 4.79 Å². The number of esters is 1. The molecule has 3 nitrogen and oxygen atoms in total. The maximum absolute atomic E-state index is 11.6. The molecule has 0 spiro atoms. The van der Waals surface area contributed by atoms with Gasteiger partial charge in [0, 0.05) is 6.04 Å². The van der Waals surface area contributed by atoms with E-state index < -0.39 is 5.54 Å². The third-order valence-corrected chi connectivity index (χ3v) is 2.06. The van der Waals surface area contributed by atoms with Crippen LogP contribution < -0.4 is 5.32 Å². The van der Waals surface area contributed by atoms with Crippen molar-refractivity contribution in [1.82, 2.24) is 5.32 Å². The highest BCUT2D eigenvalue weighted by Crippen LogP contribution is 2.18. The summed E-state index contributed by atoms with van der Waals surface area (Å²) in [6, 6.07) is 0.276. The van der Waals surface area contributed by atoms with Crippen LogP contribution in [0.3, 0.4) is 0 Å². The van der Waals surface area contributed by atoms with E-state index in [-0.39, 0.29) is 12.0 Å². The summed E-state index contributed by atoms with van der Waals surface area (Å²) in [6.07, 6.45) is 0.790. The number of hydrogen-bond donors (Lipinski definition) is 1. The molecule has 0 radical (unpaired) electrons. The van der Waals surface area contributed by atoms with Crippen LogP contribution in [0.15, 0.2) is 0 Å². The number of nitrogens with one attached hydrogen (secondary N) is 1. The van der Waals surface area contributed by atoms with E-state index in [1.807, 2.05) is 20.8 Å². The van der Waals surface area contributed by atoms with Crippen molar-refractivity contribution in [2.45, 2.75) is 52.6 Å². The Morgan fingerprint density at radius 2 is 1.86 bits per heavy atom. The van der Waals surface area contributed by atoms with Crippen molar-refractivity contribution in [2.75, 3.05) is 7.11 Å². The van der Waals surface area contributed by atoms with Crippen LogP contribution in [0.2, 0.25) is 0 Å². The molecule has 14 heavy (non-hydrogen) atoms. The summed E-state index contributed by atoms with van der Waals surface area (Å²) in [4.78, 5) is 11.6. The van der Waals surface area contributed by atoms with Gasteiger partial charge in [0.2, 0.25) is 0 Å². The van der Waals surface area contributed by atoms with Crippen LogP contribution in [-0.4, -0.2) is 24.7 Å². The zero-order valence-electron chi connectivity index (χ0n) is 10.2. The molecule has 0 saturated carbocycles. The Bertz CT molecular complexity index is 178. The molecule has 0 saturated heterocycles. The average molecular weight is 201 g/mol. The first-order valence-electron chi connectivity index (χ1n) is 5.18. The molecular weight excluding hydrogens is 178 g/mol. The molecule has 0 amide bonds. The summed E-state index contributed by atoms with van der Waals surface area (Å²) in [5.74, 6) is 0.283. The van der Waals surface area contributed by atoms with Crippen molar-refractivity contribution in [2.24, 2.45) is 5.92 Å². The van der Waals surface area contributed by atoms with E-state index in [0.717, 1.165) is 6.42 Å². The molecule has 1 unspecified atom stereocenters. The van der Waals surface area contributed by atoms with Gasteiger partial charge < -0.3 is 4.74 Å². The van der Waals surface area contributed by atoms with Crippen LogP contribution in [0.5, 0.6) is 0 Å². The van der Waals surface area contributed by atoms with Gasteiger partial charge in [0.1, 0.15) is 5.54 Å². The van der Waals surface area contributed by atoms with Crippen molar-refractivity contribution in [3.8, 4) is 0 Å². The molecule has 0 aromatic rings. The fraction of sp³-hybridized carbons (Fsp3) is 0.909. The molecule has 1 atom stereocenters. The van der Waals surface area contributed by atoms with E-state index in [4.69, 9.17) is 4.74 Å². The molecule has 0 fully saturated rings. The molecule has 0 aromatic carbocycles. The minimum absolute atomic E-state index is 0.181. The van der Waals surface area contributed by atoms with Gasteiger partial charge in [-0.25, -0.2) is 0 Å². The molecule has 0 aliphatic rings. The van der Waals surface area contributed by atoms with E-state index >= 15 is 0 Å². The normalized spacial score (nSPS) is 15.7. The molecule has 0 aliphatic carbocycles. The van der Waals surface area contributed by atoms with E-state index in [2.05, 4.69) is 19.2 Å². The van der Waals surface area contributed by atoms with Crippen LogP contribution in [0.1, 0.15) is 41.0 Å². The first kappa shape index (κ1) is 13.4. The third kappa shape index (κ3) is 4.09. The number of carbonyl (C=O) groups is 1. The van der Waals surface area contributed by atoms with Crippen molar-refractivity contribution < 1.29 is 9.53 Å². The fourth-order valence-electron chi connectivity index (χ4n) is 1.88. The molecular formula is C11H23NO2. The van der Waals surface area contributed by atoms with Gasteiger partial charge in [-0.3, -0.25) is 10.1 Å². The Balaban J connectivity index is 4.57. The Hall–Kier alpha value is -0.570. The van der Waals surface area contributed by atoms with Gasteiger partial charge in [-0.15, -0.1) is 0 Å². The lowest BCUT2D eigenvalue weighted by atomic mass is 9.90. The fourth-order valence-corrected chi connectivity index (χ4v) is 1.88. The van der Waals surface area contributed by atoms with Gasteiger partial charge in [0.25, 0.3) is 0 Å². The second-order valence-electron chi connectivity index (χ2n) is 4.72. The minimum atomic E-state index is -0.558. The van der Waals surface area contributed by atoms with Crippen LogP contribution in [0.4, 0.5) is 0 Å². The molecule has 84 valence electrons. The predicted molar refractivity (Wildman–Crippen MR) is 58.1 cm³/mol. The number of ether oxygens (including phenoxy) is 1. The first-order chi connectivity index (χ1) is 6.31. The van der Waals surface area contributed by atoms with Crippen LogP contribution >= 0.6 is 0 Å². The van der Waals surface area contributed by atoms with E-state index in [1.165, 1.54) is 7.11 Å². The number of methoxy groups -OCH3 is 1. The van der Waals surface area contributed by atoms with Gasteiger partial charge in [-0.05, 0) is 33.1 Å². The molecule has 3 heteroatoms. The smallest absolute Gasteiger partial charge is 0.325 e. The number of hydrogen-bond acceptors (Lipinski definition) is 3. The molecule has 0 bridgehead atoms. The summed E-state index contributed by atoms with van der Waals surface area (Å²) >= 11 is 0. The highest BCUT2D eigenvalue weighted by molar-refractivity contribution is 5.80. The number of carbonyl (C=O) groups excluding carboxylic acids is 1. The van der Waals surface area contributed by atoms with E-state index in [0.29, 0.717) is 5.92 Å². The Kier molecular flexibility index (Phi) is 5.13. The van der Waals surface area contributed by atoms with E-state index in [1.54, 1.807) is 0 Å². The van der Waals surface area contributed by atoms with Gasteiger partial charge in [-0.2, -0.15) is 0 Å². The second kappa shape index (κ2) is 5.35. The lowest BCUT2D eigenvalue weighted by molar-refractivity contribution is -0.149. The standard InChI is InChI=1S/C11H23NO2/c1-8(2)7-11(5,10(13)14-6)12-9(3)4/h8-9,12H,7H2,1-6H3. The molecule has 0 rings (SSSR count). The largest absolute Gasteiger partial charge is 0.468 e. The number of rotatable bonds is 5. The monoisotopic (exact) mass is 201 g/mol. The summed E-state index contributed by atoms with van der Waals surface area (Å²) in [6.45, 7) is 10.2. The van der Waals surface area contributed by atoms with Crippen LogP contribution in [-0.2, 0) is 9.53 Å². The van der Waals surface area contributed by atoms with Crippen LogP contribution in [0, 0.1) is 5.92 Å². The van der Waals surface area contributed by atoms with Gasteiger partial charge in [0.15, 0.2) is 0 Å². The zero-order chi connectivity index (χ0) is 11.4. The molecule has 1 N–H and O–H groups in total. The lowest BCUT2D eigenvalue weighted by Gasteiger charge is -2.31. The van der Waals surface area contributed by atoms with Gasteiger partial charge in [-0.1, -0.05) is 13.8 Å². The Morgan fingerprint density at radius 1 is 1.36 bits per heavy atom. The van der Waals surface area contributed by atoms with Crippen molar-refractivity contribution in [3.63, 3.8) is 0 Å². The molecule has 0 heterocycles. The predicted octanol–water partition coefficient (Wildman–Crippen LogP) is 1.96. The van der Waals surface area contributed by atoms with Gasteiger partial charge in [0.05, 0.1) is 7.11 Å². The maximum atomic E-state index is 11.6. The average Bonchev–Trinajstić information content (AvgIpc) is 1.99. The summed E-state index contributed by atoms with van der Waals surface area (Å²) in [5.41, 5.74) is -0.558. The minimum Gasteiger partial charge on any atom is -0.468 e. The second-order valence-corrected chi connectivity index (χ2v) is 4.72. The third-order valence-electron chi connectivity index (χ3n) is 2.06. The van der Waals surface area contributed by atoms with Gasteiger partial charge >= 0.3 is 5.97 Å². The molecule has 0 aliphatic heterocycles. The summed E-state index contributed by atoms with van der Waals surface area (Å²) < 4.78 is 4.82. The highest BCUT2D eigenvalue weighted by atomic mass is 16.5. The SMILES string of the molecule is COC(=O)C(C)(CC(C)C)NC(C)C. The van der Waals surface area contributed by atoms with Crippen LogP contribution in [0.25, 0.3) is 0 Å². The lowest BCUT2D eigenvalue weighted by Crippen LogP contribution is -2.53. The summed E-state index contributed by atoms with van der Waals surface area (Å²) in [7, 11) is 1.43. The topological polar surface area (TPSA) is 38.3 Å². The Labute approximate surface area is 87.2 Å². The maximum Gasteiger partial charge on any atom is 0.325 e. The van der Waals surface area contributed by atoms with Crippen molar-refractivity contribution in [3.05, 3.63) is 0 Å². The quantitative estimate of drug-likeness (QED) is 0.691.